The van der Waals surface area contributed by atoms with E-state index < -0.39 is 11.9 Å². The number of amides is 1. The average Bonchev–Trinajstić information content (AvgIpc) is 2.46. The van der Waals surface area contributed by atoms with Crippen molar-refractivity contribution in [3.05, 3.63) is 70.1 Å². The molecule has 0 aliphatic rings. The second-order valence-corrected chi connectivity index (χ2v) is 3.89. The Balaban J connectivity index is 2.16. The first-order valence-corrected chi connectivity index (χ1v) is 5.65. The number of aromatic amines is 1. The topological polar surface area (TPSA) is 85.8 Å². The van der Waals surface area contributed by atoms with Gasteiger partial charge in [-0.15, -0.1) is 0 Å². The van der Waals surface area contributed by atoms with Gasteiger partial charge in [0.25, 0.3) is 5.91 Å². The standard InChI is InChI=1S/C14H11N3O2/c15-8-12(10-4-2-1-3-5-10)17-14(19)11-6-7-13(18)16-9-11/h1-7,9,12H,(H,16,18)(H,17,19). The third-order valence-corrected chi connectivity index (χ3v) is 2.58. The Kier molecular flexibility index (Phi) is 3.74. The lowest BCUT2D eigenvalue weighted by Gasteiger charge is -2.11. The lowest BCUT2D eigenvalue weighted by molar-refractivity contribution is 0.0945. The van der Waals surface area contributed by atoms with Crippen molar-refractivity contribution in [2.24, 2.45) is 0 Å². The fourth-order valence-corrected chi connectivity index (χ4v) is 1.60. The summed E-state index contributed by atoms with van der Waals surface area (Å²) < 4.78 is 0. The first-order chi connectivity index (χ1) is 9.20. The minimum atomic E-state index is -0.722. The van der Waals surface area contributed by atoms with Crippen molar-refractivity contribution in [1.82, 2.24) is 10.3 Å². The zero-order valence-corrected chi connectivity index (χ0v) is 9.96. The van der Waals surface area contributed by atoms with Crippen molar-refractivity contribution in [1.29, 1.82) is 5.26 Å². The predicted octanol–water partition coefficient (Wildman–Crippen LogP) is 1.37. The van der Waals surface area contributed by atoms with Crippen molar-refractivity contribution in [2.75, 3.05) is 0 Å². The number of benzene rings is 1. The van der Waals surface area contributed by atoms with Crippen LogP contribution in [-0.2, 0) is 0 Å². The molecule has 2 aromatic rings. The number of nitrogens with one attached hydrogen (secondary N) is 2. The second-order valence-electron chi connectivity index (χ2n) is 3.89. The van der Waals surface area contributed by atoms with Gasteiger partial charge in [0.15, 0.2) is 0 Å². The van der Waals surface area contributed by atoms with E-state index in [1.807, 2.05) is 12.1 Å². The third-order valence-electron chi connectivity index (χ3n) is 2.58. The zero-order valence-electron chi connectivity index (χ0n) is 9.96. The molecule has 2 rings (SSSR count). The number of nitrogens with zero attached hydrogens (tertiary/aromatic N) is 1. The highest BCUT2D eigenvalue weighted by atomic mass is 16.2. The number of carbonyl (C=O) groups excluding carboxylic acids is 1. The molecule has 1 heterocycles. The Hall–Kier alpha value is -2.87. The van der Waals surface area contributed by atoms with Crippen LogP contribution in [0.1, 0.15) is 22.0 Å². The maximum Gasteiger partial charge on any atom is 0.254 e. The molecule has 5 nitrogen and oxygen atoms in total. The average molecular weight is 253 g/mol. The van der Waals surface area contributed by atoms with Gasteiger partial charge in [-0.1, -0.05) is 30.3 Å². The van der Waals surface area contributed by atoms with Gasteiger partial charge in [-0.05, 0) is 11.6 Å². The number of aromatic nitrogens is 1. The van der Waals surface area contributed by atoms with Crippen LogP contribution in [0.3, 0.4) is 0 Å². The summed E-state index contributed by atoms with van der Waals surface area (Å²) in [6, 6.07) is 12.9. The molecule has 94 valence electrons. The van der Waals surface area contributed by atoms with E-state index in [1.54, 1.807) is 24.3 Å². The van der Waals surface area contributed by atoms with E-state index >= 15 is 0 Å². The highest BCUT2D eigenvalue weighted by Gasteiger charge is 2.14. The van der Waals surface area contributed by atoms with Gasteiger partial charge in [0.05, 0.1) is 11.6 Å². The van der Waals surface area contributed by atoms with E-state index in [9.17, 15) is 9.59 Å². The van der Waals surface area contributed by atoms with Gasteiger partial charge < -0.3 is 10.3 Å². The normalized spacial score (nSPS) is 11.3. The number of rotatable bonds is 3. The minimum absolute atomic E-state index is 0.281. The Bertz CT molecular complexity index is 651. The molecule has 0 fully saturated rings. The predicted molar refractivity (Wildman–Crippen MR) is 69.3 cm³/mol. The van der Waals surface area contributed by atoms with Crippen LogP contribution in [0.25, 0.3) is 0 Å². The first kappa shape index (κ1) is 12.6. The maximum absolute atomic E-state index is 11.9. The molecule has 0 spiro atoms. The Morgan fingerprint density at radius 3 is 2.53 bits per heavy atom. The molecule has 0 bridgehead atoms. The summed E-state index contributed by atoms with van der Waals surface area (Å²) in [6.45, 7) is 0. The largest absolute Gasteiger partial charge is 0.332 e. The van der Waals surface area contributed by atoms with Crippen molar-refractivity contribution < 1.29 is 4.79 Å². The van der Waals surface area contributed by atoms with Crippen molar-refractivity contribution >= 4 is 5.91 Å². The Labute approximate surface area is 109 Å². The molecule has 0 radical (unpaired) electrons. The Morgan fingerprint density at radius 1 is 1.21 bits per heavy atom. The third kappa shape index (κ3) is 3.07. The van der Waals surface area contributed by atoms with Gasteiger partial charge in [-0.25, -0.2) is 0 Å². The molecule has 1 aromatic carbocycles. The molecule has 19 heavy (non-hydrogen) atoms. The molecular formula is C14H11N3O2. The summed E-state index contributed by atoms with van der Waals surface area (Å²) in [7, 11) is 0. The van der Waals surface area contributed by atoms with E-state index in [0.29, 0.717) is 11.1 Å². The molecule has 1 atom stereocenters. The van der Waals surface area contributed by atoms with Gasteiger partial charge in [0, 0.05) is 12.3 Å². The van der Waals surface area contributed by atoms with E-state index in [2.05, 4.69) is 10.3 Å². The van der Waals surface area contributed by atoms with Crippen LogP contribution in [0.4, 0.5) is 0 Å². The summed E-state index contributed by atoms with van der Waals surface area (Å²) in [5.41, 5.74) is 0.731. The van der Waals surface area contributed by atoms with Gasteiger partial charge in [-0.2, -0.15) is 5.26 Å². The van der Waals surface area contributed by atoms with Crippen molar-refractivity contribution in [3.8, 4) is 6.07 Å². The number of H-pyrrole nitrogens is 1. The Morgan fingerprint density at radius 2 is 1.95 bits per heavy atom. The van der Waals surface area contributed by atoms with E-state index in [1.165, 1.54) is 18.3 Å². The highest BCUT2D eigenvalue weighted by molar-refractivity contribution is 5.94. The molecule has 1 unspecified atom stereocenters. The summed E-state index contributed by atoms with van der Waals surface area (Å²) in [5.74, 6) is -0.411. The van der Waals surface area contributed by atoms with E-state index in [0.717, 1.165) is 0 Å². The maximum atomic E-state index is 11.9. The van der Waals surface area contributed by atoms with Crippen LogP contribution < -0.4 is 10.9 Å². The molecule has 0 saturated heterocycles. The van der Waals surface area contributed by atoms with Crippen LogP contribution in [0.2, 0.25) is 0 Å². The molecule has 2 N–H and O–H groups in total. The first-order valence-electron chi connectivity index (χ1n) is 5.65. The minimum Gasteiger partial charge on any atom is -0.332 e. The molecule has 0 aliphatic heterocycles. The molecule has 1 amide bonds. The summed E-state index contributed by atoms with van der Waals surface area (Å²) in [4.78, 5) is 25.2. The number of nitriles is 1. The monoisotopic (exact) mass is 253 g/mol. The summed E-state index contributed by atoms with van der Waals surface area (Å²) in [6.07, 6.45) is 1.32. The number of pyridine rings is 1. The lowest BCUT2D eigenvalue weighted by atomic mass is 10.1. The number of carbonyl (C=O) groups is 1. The van der Waals surface area contributed by atoms with Gasteiger partial charge in [-0.3, -0.25) is 9.59 Å². The number of hydrogen-bond acceptors (Lipinski definition) is 3. The van der Waals surface area contributed by atoms with Crippen LogP contribution in [-0.4, -0.2) is 10.9 Å². The molecule has 0 saturated carbocycles. The second kappa shape index (κ2) is 5.65. The van der Waals surface area contributed by atoms with Gasteiger partial charge in [0.2, 0.25) is 5.56 Å². The summed E-state index contributed by atoms with van der Waals surface area (Å²) >= 11 is 0. The van der Waals surface area contributed by atoms with Crippen molar-refractivity contribution in [3.63, 3.8) is 0 Å². The fraction of sp³-hybridized carbons (Fsp3) is 0.0714. The molecule has 5 heteroatoms. The lowest BCUT2D eigenvalue weighted by Crippen LogP contribution is -2.28. The smallest absolute Gasteiger partial charge is 0.254 e. The quantitative estimate of drug-likeness (QED) is 0.866. The van der Waals surface area contributed by atoms with E-state index in [-0.39, 0.29) is 5.56 Å². The molecular weight excluding hydrogens is 242 g/mol. The summed E-state index contributed by atoms with van der Waals surface area (Å²) in [5, 5.41) is 11.7. The number of hydrogen-bond donors (Lipinski definition) is 2. The van der Waals surface area contributed by atoms with Crippen LogP contribution in [0.15, 0.2) is 53.5 Å². The van der Waals surface area contributed by atoms with E-state index in [4.69, 9.17) is 5.26 Å². The SMILES string of the molecule is N#CC(NC(=O)c1ccc(=O)[nH]c1)c1ccccc1. The highest BCUT2D eigenvalue weighted by Crippen LogP contribution is 2.11. The molecule has 0 aliphatic carbocycles. The van der Waals surface area contributed by atoms with Gasteiger partial charge in [0.1, 0.15) is 6.04 Å². The fourth-order valence-electron chi connectivity index (χ4n) is 1.60. The van der Waals surface area contributed by atoms with Crippen LogP contribution in [0, 0.1) is 11.3 Å². The molecule has 1 aromatic heterocycles. The van der Waals surface area contributed by atoms with Crippen molar-refractivity contribution in [2.45, 2.75) is 6.04 Å². The van der Waals surface area contributed by atoms with Crippen LogP contribution in [0.5, 0.6) is 0 Å². The zero-order chi connectivity index (χ0) is 13.7. The van der Waals surface area contributed by atoms with Crippen LogP contribution >= 0.6 is 0 Å². The van der Waals surface area contributed by atoms with Gasteiger partial charge >= 0.3 is 0 Å².